The lowest BCUT2D eigenvalue weighted by molar-refractivity contribution is -0.273. The maximum Gasteiger partial charge on any atom is 0.171 e. The second kappa shape index (κ2) is 5.20. The molecule has 24 heavy (non-hydrogen) atoms. The zero-order valence-corrected chi connectivity index (χ0v) is 15.4. The zero-order valence-electron chi connectivity index (χ0n) is 15.4. The van der Waals surface area contributed by atoms with E-state index in [1.54, 1.807) is 0 Å². The van der Waals surface area contributed by atoms with Crippen molar-refractivity contribution in [1.29, 1.82) is 0 Å². The van der Waals surface area contributed by atoms with E-state index in [4.69, 9.17) is 9.47 Å². The highest BCUT2D eigenvalue weighted by atomic mass is 16.7. The molecule has 0 aromatic heterocycles. The van der Waals surface area contributed by atoms with E-state index in [0.29, 0.717) is 11.3 Å². The Morgan fingerprint density at radius 2 is 1.54 bits per heavy atom. The van der Waals surface area contributed by atoms with Gasteiger partial charge in [0.05, 0.1) is 19.3 Å². The Hall–Kier alpha value is -0.120. The van der Waals surface area contributed by atoms with Gasteiger partial charge in [-0.25, -0.2) is 0 Å². The van der Waals surface area contributed by atoms with E-state index in [0.717, 1.165) is 43.8 Å². The molecule has 1 heterocycles. The molecule has 4 saturated carbocycles. The number of fused-ring (bicyclic) bond motifs is 6. The van der Waals surface area contributed by atoms with Crippen LogP contribution in [0.4, 0.5) is 0 Å². The van der Waals surface area contributed by atoms with Gasteiger partial charge in [0, 0.05) is 12.3 Å². The topological polar surface area (TPSA) is 38.7 Å². The van der Waals surface area contributed by atoms with Crippen LogP contribution in [0.25, 0.3) is 0 Å². The fourth-order valence-electron chi connectivity index (χ4n) is 8.22. The van der Waals surface area contributed by atoms with Gasteiger partial charge in [-0.05, 0) is 80.0 Å². The summed E-state index contributed by atoms with van der Waals surface area (Å²) in [6.45, 7) is 6.52. The van der Waals surface area contributed by atoms with Crippen LogP contribution in [0, 0.1) is 34.5 Å². The molecule has 7 unspecified atom stereocenters. The average Bonchev–Trinajstić information content (AvgIpc) is 3.13. The minimum Gasteiger partial charge on any atom is -0.393 e. The highest BCUT2D eigenvalue weighted by Gasteiger charge is 2.64. The first-order valence-corrected chi connectivity index (χ1v) is 10.5. The van der Waals surface area contributed by atoms with Gasteiger partial charge in [-0.3, -0.25) is 0 Å². The van der Waals surface area contributed by atoms with Crippen molar-refractivity contribution in [3.8, 4) is 0 Å². The van der Waals surface area contributed by atoms with Gasteiger partial charge < -0.3 is 14.6 Å². The Bertz CT molecular complexity index is 513. The molecule has 0 bridgehead atoms. The monoisotopic (exact) mass is 334 g/mol. The Morgan fingerprint density at radius 1 is 0.792 bits per heavy atom. The van der Waals surface area contributed by atoms with Crippen LogP contribution in [0.3, 0.4) is 0 Å². The molecule has 3 heteroatoms. The lowest BCUT2D eigenvalue weighted by atomic mass is 9.44. The summed E-state index contributed by atoms with van der Waals surface area (Å²) in [5, 5.41) is 10.6. The molecule has 4 aliphatic carbocycles. The number of ether oxygens (including phenoxy) is 2. The number of rotatable bonds is 0. The average molecular weight is 334 g/mol. The van der Waals surface area contributed by atoms with Crippen molar-refractivity contribution in [3.63, 3.8) is 0 Å². The molecule has 1 saturated heterocycles. The van der Waals surface area contributed by atoms with Crippen molar-refractivity contribution in [2.75, 3.05) is 13.2 Å². The van der Waals surface area contributed by atoms with Crippen LogP contribution in [-0.2, 0) is 9.47 Å². The molecule has 1 spiro atoms. The molecule has 0 aromatic rings. The highest BCUT2D eigenvalue weighted by molar-refractivity contribution is 5.11. The molecule has 1 aliphatic heterocycles. The zero-order chi connectivity index (χ0) is 16.6. The van der Waals surface area contributed by atoms with E-state index in [-0.39, 0.29) is 17.3 Å². The largest absolute Gasteiger partial charge is 0.393 e. The minimum absolute atomic E-state index is 0.0619. The van der Waals surface area contributed by atoms with Gasteiger partial charge in [0.15, 0.2) is 5.79 Å². The molecule has 0 amide bonds. The lowest BCUT2D eigenvalue weighted by Gasteiger charge is -2.63. The predicted molar refractivity (Wildman–Crippen MR) is 92.4 cm³/mol. The lowest BCUT2D eigenvalue weighted by Crippen LogP contribution is -2.60. The van der Waals surface area contributed by atoms with E-state index in [1.165, 1.54) is 44.9 Å². The van der Waals surface area contributed by atoms with Crippen LogP contribution >= 0.6 is 0 Å². The maximum absolute atomic E-state index is 10.6. The fraction of sp³-hybridized carbons (Fsp3) is 1.00. The van der Waals surface area contributed by atoms with Crippen molar-refractivity contribution in [2.45, 2.75) is 83.5 Å². The maximum atomic E-state index is 10.6. The first-order valence-electron chi connectivity index (χ1n) is 10.5. The SMILES string of the molecule is CC12CCC3C(CCC4C5(CCCC34C)OCCO5)C1CCC2O. The van der Waals surface area contributed by atoms with Gasteiger partial charge >= 0.3 is 0 Å². The van der Waals surface area contributed by atoms with Crippen LogP contribution < -0.4 is 0 Å². The number of aliphatic hydroxyl groups excluding tert-OH is 1. The molecule has 7 atom stereocenters. The summed E-state index contributed by atoms with van der Waals surface area (Å²) in [5.74, 6) is 2.70. The van der Waals surface area contributed by atoms with Crippen molar-refractivity contribution in [2.24, 2.45) is 34.5 Å². The molecule has 5 rings (SSSR count). The van der Waals surface area contributed by atoms with E-state index in [9.17, 15) is 5.11 Å². The second-order valence-electron chi connectivity index (χ2n) is 10.0. The third-order valence-corrected chi connectivity index (χ3v) is 9.37. The summed E-state index contributed by atoms with van der Waals surface area (Å²) in [6.07, 6.45) is 11.0. The molecular weight excluding hydrogens is 300 g/mol. The van der Waals surface area contributed by atoms with Gasteiger partial charge in [-0.1, -0.05) is 13.8 Å². The van der Waals surface area contributed by atoms with Gasteiger partial charge in [-0.15, -0.1) is 0 Å². The number of hydrogen-bond donors (Lipinski definition) is 1. The van der Waals surface area contributed by atoms with E-state index in [2.05, 4.69) is 13.8 Å². The van der Waals surface area contributed by atoms with Crippen molar-refractivity contribution in [1.82, 2.24) is 0 Å². The highest BCUT2D eigenvalue weighted by Crippen LogP contribution is 2.68. The molecule has 0 aromatic carbocycles. The molecule has 0 radical (unpaired) electrons. The second-order valence-corrected chi connectivity index (χ2v) is 10.0. The molecule has 1 N–H and O–H groups in total. The van der Waals surface area contributed by atoms with Crippen molar-refractivity contribution in [3.05, 3.63) is 0 Å². The van der Waals surface area contributed by atoms with Crippen molar-refractivity contribution < 1.29 is 14.6 Å². The fourth-order valence-corrected chi connectivity index (χ4v) is 8.22. The summed E-state index contributed by atoms with van der Waals surface area (Å²) in [5.41, 5.74) is 0.567. The molecule has 5 fully saturated rings. The number of aliphatic hydroxyl groups is 1. The van der Waals surface area contributed by atoms with Gasteiger partial charge in [0.1, 0.15) is 0 Å². The standard InChI is InChI=1S/C21H34O3/c1-19-9-3-10-21(23-12-13-24-21)17(19)6-4-14-15-5-7-18(22)20(15,2)11-8-16(14)19/h14-18,22H,3-13H2,1-2H3. The summed E-state index contributed by atoms with van der Waals surface area (Å²) in [4.78, 5) is 0. The molecule has 5 aliphatic rings. The first kappa shape index (κ1) is 16.1. The van der Waals surface area contributed by atoms with E-state index >= 15 is 0 Å². The Balaban J connectivity index is 1.48. The summed E-state index contributed by atoms with van der Waals surface area (Å²) < 4.78 is 12.5. The molecular formula is C21H34O3. The van der Waals surface area contributed by atoms with Crippen LogP contribution in [0.5, 0.6) is 0 Å². The third-order valence-electron chi connectivity index (χ3n) is 9.37. The molecule has 3 nitrogen and oxygen atoms in total. The first-order chi connectivity index (χ1) is 11.5. The Morgan fingerprint density at radius 3 is 2.33 bits per heavy atom. The van der Waals surface area contributed by atoms with Crippen LogP contribution in [-0.4, -0.2) is 30.2 Å². The quantitative estimate of drug-likeness (QED) is 0.724. The Kier molecular flexibility index (Phi) is 3.49. The summed E-state index contributed by atoms with van der Waals surface area (Å²) in [7, 11) is 0. The van der Waals surface area contributed by atoms with E-state index in [1.807, 2.05) is 0 Å². The molecule has 136 valence electrons. The van der Waals surface area contributed by atoms with Crippen LogP contribution in [0.2, 0.25) is 0 Å². The van der Waals surface area contributed by atoms with Crippen molar-refractivity contribution >= 4 is 0 Å². The minimum atomic E-state index is -0.256. The third kappa shape index (κ3) is 1.90. The predicted octanol–water partition coefficient (Wildman–Crippen LogP) is 4.13. The normalized spacial score (nSPS) is 55.9. The van der Waals surface area contributed by atoms with Gasteiger partial charge in [-0.2, -0.15) is 0 Å². The summed E-state index contributed by atoms with van der Waals surface area (Å²) >= 11 is 0. The smallest absolute Gasteiger partial charge is 0.171 e. The van der Waals surface area contributed by atoms with Gasteiger partial charge in [0.25, 0.3) is 0 Å². The number of hydrogen-bond acceptors (Lipinski definition) is 3. The van der Waals surface area contributed by atoms with Crippen LogP contribution in [0.1, 0.15) is 71.6 Å². The van der Waals surface area contributed by atoms with E-state index < -0.39 is 0 Å². The Labute approximate surface area is 146 Å². The van der Waals surface area contributed by atoms with Gasteiger partial charge in [0.2, 0.25) is 0 Å². The van der Waals surface area contributed by atoms with Crippen LogP contribution in [0.15, 0.2) is 0 Å². The summed E-state index contributed by atoms with van der Waals surface area (Å²) in [6, 6.07) is 0.